The van der Waals surface area contributed by atoms with Gasteiger partial charge in [0.15, 0.2) is 0 Å². The Kier molecular flexibility index (Phi) is 3.11. The molecule has 0 aromatic rings. The summed E-state index contributed by atoms with van der Waals surface area (Å²) in [6.07, 6.45) is 5.58. The molecule has 0 atom stereocenters. The SMILES string of the molecule is N=C1CC=CCN1CCCO. The molecule has 0 saturated heterocycles. The van der Waals surface area contributed by atoms with E-state index in [9.17, 15) is 0 Å². The number of aliphatic hydroxyl groups is 1. The first-order valence-electron chi connectivity index (χ1n) is 3.93. The fourth-order valence-electron chi connectivity index (χ4n) is 1.12. The summed E-state index contributed by atoms with van der Waals surface area (Å²) in [5, 5.41) is 16.1. The third kappa shape index (κ3) is 2.35. The predicted molar refractivity (Wildman–Crippen MR) is 44.8 cm³/mol. The van der Waals surface area contributed by atoms with Gasteiger partial charge in [0.2, 0.25) is 0 Å². The third-order valence-corrected chi connectivity index (χ3v) is 1.77. The van der Waals surface area contributed by atoms with E-state index in [0.29, 0.717) is 5.84 Å². The first kappa shape index (κ1) is 8.27. The number of amidine groups is 1. The average molecular weight is 154 g/mol. The minimum atomic E-state index is 0.216. The van der Waals surface area contributed by atoms with Gasteiger partial charge in [-0.25, -0.2) is 0 Å². The third-order valence-electron chi connectivity index (χ3n) is 1.77. The standard InChI is InChI=1S/C8H14N2O/c9-8-4-1-2-5-10(8)6-3-7-11/h1-2,9,11H,3-7H2. The summed E-state index contributed by atoms with van der Waals surface area (Å²) in [7, 11) is 0. The van der Waals surface area contributed by atoms with E-state index in [2.05, 4.69) is 6.08 Å². The lowest BCUT2D eigenvalue weighted by atomic mass is 10.2. The maximum atomic E-state index is 8.57. The van der Waals surface area contributed by atoms with E-state index in [0.717, 1.165) is 25.9 Å². The van der Waals surface area contributed by atoms with Crippen molar-refractivity contribution in [3.63, 3.8) is 0 Å². The van der Waals surface area contributed by atoms with E-state index in [4.69, 9.17) is 10.5 Å². The largest absolute Gasteiger partial charge is 0.396 e. The molecule has 0 radical (unpaired) electrons. The van der Waals surface area contributed by atoms with Crippen molar-refractivity contribution in [1.29, 1.82) is 5.41 Å². The Morgan fingerprint density at radius 2 is 2.36 bits per heavy atom. The van der Waals surface area contributed by atoms with E-state index < -0.39 is 0 Å². The van der Waals surface area contributed by atoms with Crippen LogP contribution in [0.25, 0.3) is 0 Å². The second kappa shape index (κ2) is 4.13. The fourth-order valence-corrected chi connectivity index (χ4v) is 1.12. The van der Waals surface area contributed by atoms with E-state index in [-0.39, 0.29) is 6.61 Å². The van der Waals surface area contributed by atoms with E-state index >= 15 is 0 Å². The Morgan fingerprint density at radius 3 is 3.00 bits per heavy atom. The Hall–Kier alpha value is -0.830. The molecule has 0 aromatic heterocycles. The summed E-state index contributed by atoms with van der Waals surface area (Å²) in [5.74, 6) is 0.668. The van der Waals surface area contributed by atoms with Crippen molar-refractivity contribution in [3.8, 4) is 0 Å². The molecule has 0 aromatic carbocycles. The van der Waals surface area contributed by atoms with Gasteiger partial charge in [-0.1, -0.05) is 12.2 Å². The van der Waals surface area contributed by atoms with Gasteiger partial charge < -0.3 is 10.0 Å². The van der Waals surface area contributed by atoms with Crippen LogP contribution in [0.4, 0.5) is 0 Å². The molecule has 1 aliphatic rings. The van der Waals surface area contributed by atoms with Crippen LogP contribution in [0, 0.1) is 5.41 Å². The van der Waals surface area contributed by atoms with Crippen LogP contribution in [0.5, 0.6) is 0 Å². The zero-order valence-electron chi connectivity index (χ0n) is 6.58. The second-order valence-corrected chi connectivity index (χ2v) is 2.65. The number of nitrogens with one attached hydrogen (secondary N) is 1. The van der Waals surface area contributed by atoms with Crippen LogP contribution in [0.1, 0.15) is 12.8 Å². The molecule has 11 heavy (non-hydrogen) atoms. The van der Waals surface area contributed by atoms with Gasteiger partial charge in [0, 0.05) is 26.1 Å². The van der Waals surface area contributed by atoms with Gasteiger partial charge in [-0.05, 0) is 6.42 Å². The zero-order chi connectivity index (χ0) is 8.10. The van der Waals surface area contributed by atoms with E-state index in [1.807, 2.05) is 11.0 Å². The Bertz CT molecular complexity index is 165. The number of rotatable bonds is 3. The molecule has 0 unspecified atom stereocenters. The average Bonchev–Trinajstić information content (AvgIpc) is 2.03. The van der Waals surface area contributed by atoms with Gasteiger partial charge in [-0.3, -0.25) is 5.41 Å². The maximum Gasteiger partial charge on any atom is 0.0999 e. The van der Waals surface area contributed by atoms with Crippen LogP contribution in [-0.4, -0.2) is 35.5 Å². The van der Waals surface area contributed by atoms with Crippen LogP contribution < -0.4 is 0 Å². The first-order valence-corrected chi connectivity index (χ1v) is 3.93. The highest BCUT2D eigenvalue weighted by Crippen LogP contribution is 2.03. The van der Waals surface area contributed by atoms with Crippen LogP contribution in [0.2, 0.25) is 0 Å². The van der Waals surface area contributed by atoms with Gasteiger partial charge in [0.25, 0.3) is 0 Å². The van der Waals surface area contributed by atoms with Crippen LogP contribution in [0.15, 0.2) is 12.2 Å². The van der Waals surface area contributed by atoms with Gasteiger partial charge >= 0.3 is 0 Å². The van der Waals surface area contributed by atoms with Crippen molar-refractivity contribution < 1.29 is 5.11 Å². The number of nitrogens with zero attached hydrogens (tertiary/aromatic N) is 1. The van der Waals surface area contributed by atoms with E-state index in [1.54, 1.807) is 0 Å². The normalized spacial score (nSPS) is 17.5. The lowest BCUT2D eigenvalue weighted by Gasteiger charge is -2.25. The monoisotopic (exact) mass is 154 g/mol. The molecule has 2 N–H and O–H groups in total. The van der Waals surface area contributed by atoms with Crippen molar-refractivity contribution in [2.75, 3.05) is 19.7 Å². The van der Waals surface area contributed by atoms with E-state index in [1.165, 1.54) is 0 Å². The van der Waals surface area contributed by atoms with Gasteiger partial charge in [-0.15, -0.1) is 0 Å². The highest BCUT2D eigenvalue weighted by molar-refractivity contribution is 5.81. The van der Waals surface area contributed by atoms with Crippen molar-refractivity contribution in [3.05, 3.63) is 12.2 Å². The van der Waals surface area contributed by atoms with Crippen molar-refractivity contribution in [1.82, 2.24) is 4.90 Å². The smallest absolute Gasteiger partial charge is 0.0999 e. The molecule has 1 heterocycles. The van der Waals surface area contributed by atoms with Gasteiger partial charge in [-0.2, -0.15) is 0 Å². The minimum Gasteiger partial charge on any atom is -0.396 e. The van der Waals surface area contributed by atoms with Crippen LogP contribution in [-0.2, 0) is 0 Å². The maximum absolute atomic E-state index is 8.57. The lowest BCUT2D eigenvalue weighted by Crippen LogP contribution is -2.33. The van der Waals surface area contributed by atoms with Gasteiger partial charge in [0.1, 0.15) is 0 Å². The molecule has 0 bridgehead atoms. The van der Waals surface area contributed by atoms with Crippen molar-refractivity contribution >= 4 is 5.84 Å². The topological polar surface area (TPSA) is 47.3 Å². The predicted octanol–water partition coefficient (Wildman–Crippen LogP) is 0.608. The van der Waals surface area contributed by atoms with Gasteiger partial charge in [0.05, 0.1) is 5.84 Å². The Labute approximate surface area is 66.8 Å². The Morgan fingerprint density at radius 1 is 1.55 bits per heavy atom. The molecular weight excluding hydrogens is 140 g/mol. The highest BCUT2D eigenvalue weighted by atomic mass is 16.3. The quantitative estimate of drug-likeness (QED) is 0.585. The molecule has 3 heteroatoms. The summed E-state index contributed by atoms with van der Waals surface area (Å²) in [6.45, 7) is 1.85. The lowest BCUT2D eigenvalue weighted by molar-refractivity contribution is 0.269. The number of hydrogen-bond acceptors (Lipinski definition) is 2. The molecule has 62 valence electrons. The van der Waals surface area contributed by atoms with Crippen molar-refractivity contribution in [2.45, 2.75) is 12.8 Å². The molecule has 0 spiro atoms. The molecule has 1 rings (SSSR count). The first-order chi connectivity index (χ1) is 5.34. The molecule has 0 aliphatic carbocycles. The molecule has 0 amide bonds. The zero-order valence-corrected chi connectivity index (χ0v) is 6.58. The molecule has 0 saturated carbocycles. The summed E-state index contributed by atoms with van der Waals surface area (Å²) in [4.78, 5) is 1.98. The highest BCUT2D eigenvalue weighted by Gasteiger charge is 2.08. The molecule has 0 fully saturated rings. The van der Waals surface area contributed by atoms with Crippen molar-refractivity contribution in [2.24, 2.45) is 0 Å². The van der Waals surface area contributed by atoms with Crippen LogP contribution in [0.3, 0.4) is 0 Å². The summed E-state index contributed by atoms with van der Waals surface area (Å²) < 4.78 is 0. The summed E-state index contributed by atoms with van der Waals surface area (Å²) >= 11 is 0. The fraction of sp³-hybridized carbons (Fsp3) is 0.625. The van der Waals surface area contributed by atoms with Crippen LogP contribution >= 0.6 is 0 Å². The summed E-state index contributed by atoms with van der Waals surface area (Å²) in [5.41, 5.74) is 0. The molecule has 3 nitrogen and oxygen atoms in total. The Balaban J connectivity index is 2.32. The summed E-state index contributed by atoms with van der Waals surface area (Å²) in [6, 6.07) is 0. The molecule has 1 aliphatic heterocycles. The molecular formula is C8H14N2O. The number of hydrogen-bond donors (Lipinski definition) is 2. The number of aliphatic hydroxyl groups excluding tert-OH is 1. The minimum absolute atomic E-state index is 0.216. The second-order valence-electron chi connectivity index (χ2n) is 2.65.